The zero-order valence-electron chi connectivity index (χ0n) is 24.6. The van der Waals surface area contributed by atoms with E-state index in [1.807, 2.05) is 18.2 Å². The number of carbonyl (C=O) groups excluding carboxylic acids is 4. The van der Waals surface area contributed by atoms with Crippen LogP contribution in [0.5, 0.6) is 17.2 Å². The van der Waals surface area contributed by atoms with E-state index in [0.29, 0.717) is 27.3 Å². The lowest BCUT2D eigenvalue weighted by molar-refractivity contribution is -0.107. The lowest BCUT2D eigenvalue weighted by atomic mass is 10.1. The second kappa shape index (κ2) is 16.4. The molecule has 0 aliphatic rings. The van der Waals surface area contributed by atoms with Gasteiger partial charge in [-0.25, -0.2) is 14.4 Å². The number of hydrogen-bond acceptors (Lipinski definition) is 9. The van der Waals surface area contributed by atoms with E-state index in [4.69, 9.17) is 14.2 Å². The van der Waals surface area contributed by atoms with E-state index < -0.39 is 23.0 Å². The molecule has 0 radical (unpaired) electrons. The lowest BCUT2D eigenvalue weighted by Gasteiger charge is -2.07. The molecule has 236 valence electrons. The predicted molar refractivity (Wildman–Crippen MR) is 197 cm³/mol. The number of ether oxygens (including phenoxy) is 3. The Balaban J connectivity index is 1.14. The minimum atomic E-state index is -0.617. The Morgan fingerprint density at radius 3 is 1.29 bits per heavy atom. The van der Waals surface area contributed by atoms with Gasteiger partial charge in [0.15, 0.2) is 0 Å². The molecule has 0 saturated heterocycles. The highest BCUT2D eigenvalue weighted by Gasteiger charge is 2.15. The fraction of sp³-hybridized carbons (Fsp3) is 0. The van der Waals surface area contributed by atoms with Crippen molar-refractivity contribution in [2.75, 3.05) is 0 Å². The maximum Gasteiger partial charge on any atom is 0.343 e. The maximum absolute atomic E-state index is 12.8. The molecular weight excluding hydrogens is 856 g/mol. The van der Waals surface area contributed by atoms with Crippen LogP contribution in [0, 0.1) is 18.5 Å². The van der Waals surface area contributed by atoms with E-state index in [0.717, 1.165) is 18.9 Å². The highest BCUT2D eigenvalue weighted by atomic mass is 127. The van der Waals surface area contributed by atoms with E-state index in [9.17, 15) is 24.4 Å². The van der Waals surface area contributed by atoms with Crippen molar-refractivity contribution in [3.63, 3.8) is 0 Å². The molecule has 5 aromatic rings. The average Bonchev–Trinajstić information content (AvgIpc) is 3.09. The van der Waals surface area contributed by atoms with E-state index >= 15 is 0 Å². The van der Waals surface area contributed by atoms with Crippen LogP contribution in [0.3, 0.4) is 0 Å². The van der Waals surface area contributed by atoms with Crippen LogP contribution in [0.25, 0.3) is 6.08 Å². The average molecular weight is 877 g/mol. The minimum Gasteiger partial charge on any atom is -0.423 e. The van der Waals surface area contributed by atoms with Crippen molar-refractivity contribution in [3.05, 3.63) is 156 Å². The van der Waals surface area contributed by atoms with Gasteiger partial charge >= 0.3 is 17.9 Å². The third kappa shape index (κ3) is 9.63. The summed E-state index contributed by atoms with van der Waals surface area (Å²) in [4.78, 5) is 50.8. The Hall–Kier alpha value is -4.78. The summed E-state index contributed by atoms with van der Waals surface area (Å²) >= 11 is 5.16. The molecule has 0 aromatic heterocycles. The zero-order chi connectivity index (χ0) is 34.0. The Labute approximate surface area is 307 Å². The molecule has 5 rings (SSSR count). The molecular formula is C37H21I2NO7S. The summed E-state index contributed by atoms with van der Waals surface area (Å²) in [6.07, 6.45) is 1.44. The van der Waals surface area contributed by atoms with Crippen LogP contribution in [-0.2, 0) is 4.79 Å². The molecule has 0 saturated carbocycles. The molecule has 5 aromatic carbocycles. The van der Waals surface area contributed by atoms with E-state index in [1.165, 1.54) is 30.3 Å². The summed E-state index contributed by atoms with van der Waals surface area (Å²) in [7, 11) is 0. The predicted octanol–water partition coefficient (Wildman–Crippen LogP) is 8.78. The number of benzene rings is 5. The molecule has 0 aliphatic carbocycles. The van der Waals surface area contributed by atoms with Gasteiger partial charge in [-0.05, 0) is 178 Å². The summed E-state index contributed by atoms with van der Waals surface area (Å²) < 4.78 is 18.2. The fourth-order valence-electron chi connectivity index (χ4n) is 4.00. The Kier molecular flexibility index (Phi) is 11.8. The number of esters is 3. The molecule has 0 spiro atoms. The molecule has 0 bridgehead atoms. The summed E-state index contributed by atoms with van der Waals surface area (Å²) in [5.74, 6) is -0.761. The van der Waals surface area contributed by atoms with Crippen LogP contribution < -0.4 is 14.2 Å². The van der Waals surface area contributed by atoms with Crippen molar-refractivity contribution < 1.29 is 33.4 Å². The number of hydrogen-bond donors (Lipinski definition) is 0. The molecule has 48 heavy (non-hydrogen) atoms. The molecule has 0 heterocycles. The highest BCUT2D eigenvalue weighted by molar-refractivity contribution is 14.1. The Morgan fingerprint density at radius 2 is 0.896 bits per heavy atom. The Bertz CT molecular complexity index is 2040. The highest BCUT2D eigenvalue weighted by Crippen LogP contribution is 2.26. The number of thioether (sulfide) groups is 1. The van der Waals surface area contributed by atoms with Crippen molar-refractivity contribution in [3.8, 4) is 23.3 Å². The number of nitrogens with zero attached hydrogens (tertiary/aromatic N) is 1. The second-order valence-electron chi connectivity index (χ2n) is 9.81. The van der Waals surface area contributed by atoms with Crippen LogP contribution >= 0.6 is 56.9 Å². The van der Waals surface area contributed by atoms with Crippen LogP contribution in [0.2, 0.25) is 0 Å². The van der Waals surface area contributed by atoms with Crippen molar-refractivity contribution in [2.45, 2.75) is 4.90 Å². The van der Waals surface area contributed by atoms with Crippen LogP contribution in [0.4, 0.5) is 0 Å². The first-order valence-electron chi connectivity index (χ1n) is 14.0. The zero-order valence-corrected chi connectivity index (χ0v) is 29.7. The van der Waals surface area contributed by atoms with Crippen molar-refractivity contribution in [1.82, 2.24) is 0 Å². The first-order valence-corrected chi connectivity index (χ1v) is 17.0. The summed E-state index contributed by atoms with van der Waals surface area (Å²) in [6.45, 7) is 0. The fourth-order valence-corrected chi connectivity index (χ4v) is 5.42. The summed E-state index contributed by atoms with van der Waals surface area (Å²) in [5.41, 5.74) is 1.55. The van der Waals surface area contributed by atoms with E-state index in [2.05, 4.69) is 45.2 Å². The number of halogens is 2. The van der Waals surface area contributed by atoms with Gasteiger partial charge in [0.05, 0.1) is 16.7 Å². The van der Waals surface area contributed by atoms with Crippen molar-refractivity contribution in [1.29, 1.82) is 5.26 Å². The van der Waals surface area contributed by atoms with Crippen LogP contribution in [-0.4, -0.2) is 23.0 Å². The maximum atomic E-state index is 12.8. The summed E-state index contributed by atoms with van der Waals surface area (Å²) in [6, 6.07) is 34.6. The minimum absolute atomic E-state index is 0.0817. The molecule has 0 unspecified atom stereocenters. The third-order valence-electron chi connectivity index (χ3n) is 6.45. The second-order valence-corrected chi connectivity index (χ2v) is 13.3. The first kappa shape index (κ1) is 34.6. The molecule has 0 fully saturated rings. The molecule has 8 nitrogen and oxygen atoms in total. The van der Waals surface area contributed by atoms with Gasteiger partial charge in [-0.2, -0.15) is 5.26 Å². The number of rotatable bonds is 9. The van der Waals surface area contributed by atoms with Crippen molar-refractivity contribution in [2.24, 2.45) is 0 Å². The first-order chi connectivity index (χ1) is 23.2. The smallest absolute Gasteiger partial charge is 0.343 e. The van der Waals surface area contributed by atoms with Gasteiger partial charge in [0.2, 0.25) is 5.12 Å². The van der Waals surface area contributed by atoms with Gasteiger partial charge in [-0.3, -0.25) is 4.79 Å². The quantitative estimate of drug-likeness (QED) is 0.0358. The van der Waals surface area contributed by atoms with Gasteiger partial charge in [-0.1, -0.05) is 12.1 Å². The van der Waals surface area contributed by atoms with Crippen LogP contribution in [0.1, 0.15) is 36.6 Å². The van der Waals surface area contributed by atoms with E-state index in [-0.39, 0.29) is 22.6 Å². The van der Waals surface area contributed by atoms with Gasteiger partial charge in [0.1, 0.15) is 28.9 Å². The van der Waals surface area contributed by atoms with Gasteiger partial charge in [0, 0.05) is 12.0 Å². The normalized spacial score (nSPS) is 10.8. The number of carbonyl (C=O) groups is 4. The molecule has 0 N–H and O–H groups in total. The summed E-state index contributed by atoms with van der Waals surface area (Å²) in [5, 5.41) is 9.16. The largest absolute Gasteiger partial charge is 0.423 e. The molecule has 0 amide bonds. The SMILES string of the molecule is N#C/C(=C\c1ccc(OC(=O)c2ccc(OC(=O)c3ccc(I)cc3)cc2)cc1)C(=O)Sc1ccc(OC(=O)c2ccc(I)cc2)cc1. The van der Waals surface area contributed by atoms with E-state index in [1.54, 1.807) is 84.9 Å². The standard InChI is InChI=1S/C37H21I2NO7S/c38-28-9-3-24(4-10-28)34(41)46-31-15-7-26(8-16-31)36(43)45-30-13-1-23(2-14-30)21-27(22-40)37(44)48-33-19-17-32(18-20-33)47-35(42)25-5-11-29(39)12-6-25/h1-21H/b27-21+. The van der Waals surface area contributed by atoms with Crippen molar-refractivity contribution >= 4 is 86.0 Å². The van der Waals surface area contributed by atoms with Crippen LogP contribution in [0.15, 0.2) is 132 Å². The molecule has 11 heteroatoms. The Morgan fingerprint density at radius 1 is 0.542 bits per heavy atom. The molecule has 0 atom stereocenters. The lowest BCUT2D eigenvalue weighted by Crippen LogP contribution is -2.10. The van der Waals surface area contributed by atoms with Gasteiger partial charge < -0.3 is 14.2 Å². The monoisotopic (exact) mass is 877 g/mol. The number of nitriles is 1. The topological polar surface area (TPSA) is 120 Å². The molecule has 0 aliphatic heterocycles. The van der Waals surface area contributed by atoms with Gasteiger partial charge in [-0.15, -0.1) is 0 Å². The van der Waals surface area contributed by atoms with Gasteiger partial charge in [0.25, 0.3) is 0 Å². The third-order valence-corrected chi connectivity index (χ3v) is 8.80.